The van der Waals surface area contributed by atoms with Gasteiger partial charge in [0.2, 0.25) is 0 Å². The second-order valence-corrected chi connectivity index (χ2v) is 11.9. The van der Waals surface area contributed by atoms with Crippen LogP contribution >= 0.6 is 0 Å². The van der Waals surface area contributed by atoms with Crippen molar-refractivity contribution in [1.29, 1.82) is 5.26 Å². The highest BCUT2D eigenvalue weighted by atomic mass is 19.1. The third-order valence-electron chi connectivity index (χ3n) is 9.54. The van der Waals surface area contributed by atoms with Gasteiger partial charge in [0, 0.05) is 62.5 Å². The van der Waals surface area contributed by atoms with Gasteiger partial charge >= 0.3 is 0 Å². The molecule has 7 rings (SSSR count). The second kappa shape index (κ2) is 10.5. The molecule has 10 heteroatoms. The molecule has 1 aliphatic carbocycles. The fraction of sp³-hybridized carbons (Fsp3) is 0.633. The van der Waals surface area contributed by atoms with Gasteiger partial charge in [0.05, 0.1) is 24.8 Å². The van der Waals surface area contributed by atoms with Gasteiger partial charge in [-0.2, -0.15) is 5.26 Å². The summed E-state index contributed by atoms with van der Waals surface area (Å²) >= 11 is 0. The predicted octanol–water partition coefficient (Wildman–Crippen LogP) is 3.35. The summed E-state index contributed by atoms with van der Waals surface area (Å²) in [6, 6.07) is 8.81. The van der Waals surface area contributed by atoms with E-state index < -0.39 is 17.4 Å². The smallest absolute Gasteiger partial charge is 0.297 e. The van der Waals surface area contributed by atoms with E-state index in [1.165, 1.54) is 12.0 Å². The Kier molecular flexibility index (Phi) is 6.87. The van der Waals surface area contributed by atoms with Crippen molar-refractivity contribution in [3.8, 4) is 6.07 Å². The highest BCUT2D eigenvalue weighted by Gasteiger charge is 2.49. The van der Waals surface area contributed by atoms with Crippen molar-refractivity contribution in [2.24, 2.45) is 9.98 Å². The Balaban J connectivity index is 1.19. The zero-order chi connectivity index (χ0) is 27.2. The van der Waals surface area contributed by atoms with Crippen LogP contribution in [0, 0.1) is 11.3 Å². The molecule has 6 aliphatic rings. The van der Waals surface area contributed by atoms with E-state index in [9.17, 15) is 9.65 Å². The Labute approximate surface area is 234 Å². The van der Waals surface area contributed by atoms with Gasteiger partial charge in [0.1, 0.15) is 23.6 Å². The van der Waals surface area contributed by atoms with Crippen molar-refractivity contribution in [3.05, 3.63) is 46.2 Å². The number of rotatable bonds is 3. The van der Waals surface area contributed by atoms with Crippen LogP contribution in [0.4, 0.5) is 4.39 Å². The molecule has 5 aliphatic heterocycles. The molecule has 0 saturated carbocycles. The van der Waals surface area contributed by atoms with E-state index >= 15 is 0 Å². The second-order valence-electron chi connectivity index (χ2n) is 11.9. The minimum atomic E-state index is -0.847. The zero-order valence-electron chi connectivity index (χ0n) is 22.9. The number of amidine groups is 1. The number of nitrogens with one attached hydrogen (secondary N) is 1. The molecule has 1 aromatic rings. The molecule has 0 bridgehead atoms. The van der Waals surface area contributed by atoms with Gasteiger partial charge in [-0.1, -0.05) is 12.1 Å². The molecule has 5 heterocycles. The van der Waals surface area contributed by atoms with Gasteiger partial charge in [-0.3, -0.25) is 9.80 Å². The normalized spacial score (nSPS) is 34.5. The van der Waals surface area contributed by atoms with E-state index in [1.807, 2.05) is 12.1 Å². The topological polar surface area (TPSA) is 94.7 Å². The Morgan fingerprint density at radius 1 is 1.20 bits per heavy atom. The van der Waals surface area contributed by atoms with Crippen LogP contribution in [0.15, 0.2) is 39.5 Å². The molecule has 3 fully saturated rings. The van der Waals surface area contributed by atoms with Crippen molar-refractivity contribution in [2.75, 3.05) is 46.0 Å². The van der Waals surface area contributed by atoms with Crippen LogP contribution in [0.3, 0.4) is 0 Å². The van der Waals surface area contributed by atoms with Crippen LogP contribution in [0.5, 0.6) is 0 Å². The number of fused-ring (bicyclic) bond motifs is 3. The highest BCUT2D eigenvalue weighted by Crippen LogP contribution is 2.48. The molecule has 0 radical (unpaired) electrons. The molecule has 1 N–H and O–H groups in total. The van der Waals surface area contributed by atoms with E-state index in [1.54, 1.807) is 0 Å². The summed E-state index contributed by atoms with van der Waals surface area (Å²) in [5.74, 6) is 0. The van der Waals surface area contributed by atoms with Gasteiger partial charge in [0.15, 0.2) is 6.40 Å². The number of benzene rings is 1. The number of aliphatic imine (C=N–C) groups is 2. The summed E-state index contributed by atoms with van der Waals surface area (Å²) in [7, 11) is 0. The van der Waals surface area contributed by atoms with Crippen LogP contribution in [-0.4, -0.2) is 86.2 Å². The lowest BCUT2D eigenvalue weighted by Gasteiger charge is -2.46. The minimum Gasteiger partial charge on any atom is -0.414 e. The quantitative estimate of drug-likeness (QED) is 0.457. The Hall–Kier alpha value is -2.84. The molecule has 212 valence electrons. The Bertz CT molecular complexity index is 1280. The monoisotopic (exact) mass is 548 g/mol. The van der Waals surface area contributed by atoms with E-state index in [0.29, 0.717) is 44.2 Å². The molecule has 4 atom stereocenters. The molecular weight excluding hydrogens is 511 g/mol. The first-order valence-corrected chi connectivity index (χ1v) is 14.7. The van der Waals surface area contributed by atoms with Gasteiger partial charge in [0.25, 0.3) is 6.02 Å². The lowest BCUT2D eigenvalue weighted by atomic mass is 9.73. The first-order valence-electron chi connectivity index (χ1n) is 14.7. The fourth-order valence-corrected chi connectivity index (χ4v) is 7.72. The van der Waals surface area contributed by atoms with Crippen LogP contribution in [0.25, 0.3) is 0 Å². The summed E-state index contributed by atoms with van der Waals surface area (Å²) < 4.78 is 32.8. The maximum atomic E-state index is 14.2. The third-order valence-corrected chi connectivity index (χ3v) is 9.54. The van der Waals surface area contributed by atoms with Crippen molar-refractivity contribution in [2.45, 2.75) is 75.0 Å². The first-order chi connectivity index (χ1) is 19.6. The summed E-state index contributed by atoms with van der Waals surface area (Å²) in [6.45, 7) is 4.80. The van der Waals surface area contributed by atoms with Gasteiger partial charge in [-0.15, -0.1) is 0 Å². The largest absolute Gasteiger partial charge is 0.414 e. The van der Waals surface area contributed by atoms with Crippen molar-refractivity contribution >= 4 is 12.4 Å². The lowest BCUT2D eigenvalue weighted by molar-refractivity contribution is -0.0677. The zero-order valence-corrected chi connectivity index (χ0v) is 22.9. The van der Waals surface area contributed by atoms with E-state index in [2.05, 4.69) is 27.3 Å². The van der Waals surface area contributed by atoms with Crippen molar-refractivity contribution in [3.63, 3.8) is 0 Å². The van der Waals surface area contributed by atoms with Crippen LogP contribution in [0.2, 0.25) is 0 Å². The van der Waals surface area contributed by atoms with E-state index in [-0.39, 0.29) is 6.17 Å². The Morgan fingerprint density at radius 3 is 3.08 bits per heavy atom. The maximum absolute atomic E-state index is 14.2. The fourth-order valence-electron chi connectivity index (χ4n) is 7.72. The minimum absolute atomic E-state index is 0.226. The summed E-state index contributed by atoms with van der Waals surface area (Å²) in [4.78, 5) is 14.2. The highest BCUT2D eigenvalue weighted by molar-refractivity contribution is 5.84. The molecule has 3 unspecified atom stereocenters. The molecule has 1 aromatic carbocycles. The average molecular weight is 549 g/mol. The van der Waals surface area contributed by atoms with Crippen LogP contribution < -0.4 is 5.32 Å². The van der Waals surface area contributed by atoms with Crippen LogP contribution in [0.1, 0.15) is 61.6 Å². The SMILES string of the molecule is N#Cc1cccc2c1C1(CCC2)CC2=C(CO1)C(N1CCCOCC1)N=C(OC=NC13CCCN1C[C@H](F)C3)N2. The van der Waals surface area contributed by atoms with Crippen molar-refractivity contribution in [1.82, 2.24) is 15.1 Å². The third kappa shape index (κ3) is 4.53. The lowest BCUT2D eigenvalue weighted by Crippen LogP contribution is -2.50. The number of alkyl halides is 1. The average Bonchev–Trinajstić information content (AvgIpc) is 3.33. The van der Waals surface area contributed by atoms with Crippen molar-refractivity contribution < 1.29 is 18.6 Å². The first kappa shape index (κ1) is 26.1. The summed E-state index contributed by atoms with van der Waals surface area (Å²) in [5.41, 5.74) is 4.03. The van der Waals surface area contributed by atoms with E-state index in [4.69, 9.17) is 24.2 Å². The number of aryl methyl sites for hydroxylation is 1. The van der Waals surface area contributed by atoms with Gasteiger partial charge in [-0.05, 0) is 50.2 Å². The number of hydrogen-bond acceptors (Lipinski definition) is 9. The summed E-state index contributed by atoms with van der Waals surface area (Å²) in [6.07, 6.45) is 7.06. The standard InChI is InChI=1S/C30H37FN6O3/c31-23-15-30(9-3-11-37(30)18-23)33-20-39-28-34-25-16-29(8-2-7-21-5-1-6-22(17-32)26(21)29)40-19-24(25)27(35-28)36-10-4-13-38-14-12-36/h1,5-6,20,23,27H,2-4,7-16,18-19H2,(H,34,35)/t23-,27?,29?,30?/m1/s1. The van der Waals surface area contributed by atoms with Gasteiger partial charge < -0.3 is 19.5 Å². The van der Waals surface area contributed by atoms with Crippen LogP contribution in [-0.2, 0) is 26.2 Å². The Morgan fingerprint density at radius 2 is 2.15 bits per heavy atom. The number of halogens is 1. The number of ether oxygens (including phenoxy) is 3. The molecule has 0 aromatic heterocycles. The van der Waals surface area contributed by atoms with E-state index in [0.717, 1.165) is 81.6 Å². The maximum Gasteiger partial charge on any atom is 0.297 e. The molecule has 1 spiro atoms. The molecule has 40 heavy (non-hydrogen) atoms. The molecule has 9 nitrogen and oxygen atoms in total. The number of nitriles is 1. The molecular formula is C30H37FN6O3. The van der Waals surface area contributed by atoms with Gasteiger partial charge in [-0.25, -0.2) is 14.4 Å². The predicted molar refractivity (Wildman–Crippen MR) is 147 cm³/mol. The number of nitrogens with zero attached hydrogens (tertiary/aromatic N) is 5. The molecule has 3 saturated heterocycles. The summed E-state index contributed by atoms with van der Waals surface area (Å²) in [5, 5.41) is 13.4. The molecule has 0 amide bonds. The number of hydrogen-bond donors (Lipinski definition) is 1.